The van der Waals surface area contributed by atoms with Crippen molar-refractivity contribution >= 4 is 5.91 Å². The molecule has 1 aliphatic rings. The highest BCUT2D eigenvalue weighted by molar-refractivity contribution is 5.77. The molecule has 26 heavy (non-hydrogen) atoms. The van der Waals surface area contributed by atoms with Crippen LogP contribution in [0.5, 0.6) is 5.75 Å². The van der Waals surface area contributed by atoms with E-state index in [4.69, 9.17) is 9.15 Å². The summed E-state index contributed by atoms with van der Waals surface area (Å²) in [5, 5.41) is 2.69. The van der Waals surface area contributed by atoms with E-state index in [-0.39, 0.29) is 5.91 Å². The number of hydrogen-bond donors (Lipinski definition) is 1. The molecule has 1 N–H and O–H groups in total. The van der Waals surface area contributed by atoms with Crippen LogP contribution in [0.1, 0.15) is 37.0 Å². The summed E-state index contributed by atoms with van der Waals surface area (Å²) in [7, 11) is 1.66. The molecular formula is C21H28N2O3. The highest BCUT2D eigenvalue weighted by atomic mass is 16.5. The third kappa shape index (κ3) is 5.63. The van der Waals surface area contributed by atoms with Crippen LogP contribution in [0.25, 0.3) is 0 Å². The first-order valence-electron chi connectivity index (χ1n) is 9.44. The molecule has 0 atom stereocenters. The van der Waals surface area contributed by atoms with Gasteiger partial charge in [0.2, 0.25) is 5.91 Å². The lowest BCUT2D eigenvalue weighted by Gasteiger charge is -2.20. The molecule has 1 heterocycles. The van der Waals surface area contributed by atoms with Crippen LogP contribution >= 0.6 is 0 Å². The number of hydrogen-bond acceptors (Lipinski definition) is 4. The smallest absolute Gasteiger partial charge is 0.233 e. The van der Waals surface area contributed by atoms with Crippen LogP contribution in [0.3, 0.4) is 0 Å². The van der Waals surface area contributed by atoms with E-state index < -0.39 is 0 Å². The number of nitrogens with zero attached hydrogens (tertiary/aromatic N) is 1. The molecule has 0 spiro atoms. The molecule has 3 rings (SSSR count). The quantitative estimate of drug-likeness (QED) is 0.748. The van der Waals surface area contributed by atoms with E-state index in [1.165, 1.54) is 18.4 Å². The molecule has 5 heteroatoms. The summed E-state index contributed by atoms with van der Waals surface area (Å²) in [4.78, 5) is 13.9. The van der Waals surface area contributed by atoms with Gasteiger partial charge in [-0.05, 0) is 61.9 Å². The third-order valence-corrected chi connectivity index (χ3v) is 4.83. The van der Waals surface area contributed by atoms with E-state index in [0.717, 1.165) is 37.3 Å². The second-order valence-electron chi connectivity index (χ2n) is 6.88. The number of rotatable bonds is 9. The maximum atomic E-state index is 11.8. The summed E-state index contributed by atoms with van der Waals surface area (Å²) >= 11 is 0. The minimum absolute atomic E-state index is 0.00914. The normalized spacial score (nSPS) is 14.7. The molecular weight excluding hydrogens is 328 g/mol. The first-order valence-corrected chi connectivity index (χ1v) is 9.44. The molecule has 140 valence electrons. The minimum atomic E-state index is 0.00914. The first-order chi connectivity index (χ1) is 12.7. The largest absolute Gasteiger partial charge is 0.490 e. The predicted molar refractivity (Wildman–Crippen MR) is 101 cm³/mol. The van der Waals surface area contributed by atoms with Gasteiger partial charge in [-0.2, -0.15) is 0 Å². The Hall–Kier alpha value is -2.27. The molecule has 0 bridgehead atoms. The number of likely N-dealkylation sites (N-methyl/N-ethyl adjacent to an activating group) is 1. The molecule has 2 aromatic rings. The van der Waals surface area contributed by atoms with E-state index in [2.05, 4.69) is 28.4 Å². The van der Waals surface area contributed by atoms with Gasteiger partial charge >= 0.3 is 0 Å². The van der Waals surface area contributed by atoms with Gasteiger partial charge in [0.15, 0.2) is 0 Å². The van der Waals surface area contributed by atoms with Crippen LogP contribution in [-0.2, 0) is 17.8 Å². The van der Waals surface area contributed by atoms with Crippen LogP contribution in [0.4, 0.5) is 0 Å². The van der Waals surface area contributed by atoms with E-state index in [9.17, 15) is 4.79 Å². The lowest BCUT2D eigenvalue weighted by atomic mass is 10.1. The summed E-state index contributed by atoms with van der Waals surface area (Å²) in [6.45, 7) is 1.76. The molecule has 1 aromatic heterocycles. The molecule has 1 aliphatic carbocycles. The van der Waals surface area contributed by atoms with Crippen LogP contribution in [0.15, 0.2) is 47.1 Å². The Morgan fingerprint density at radius 2 is 2.12 bits per heavy atom. The van der Waals surface area contributed by atoms with Crippen molar-refractivity contribution in [2.24, 2.45) is 0 Å². The molecule has 1 saturated carbocycles. The number of ether oxygens (including phenoxy) is 1. The van der Waals surface area contributed by atoms with Crippen molar-refractivity contribution in [3.05, 3.63) is 54.0 Å². The molecule has 0 saturated heterocycles. The van der Waals surface area contributed by atoms with Gasteiger partial charge in [-0.25, -0.2) is 0 Å². The van der Waals surface area contributed by atoms with Crippen molar-refractivity contribution in [3.8, 4) is 5.75 Å². The maximum Gasteiger partial charge on any atom is 0.233 e. The van der Waals surface area contributed by atoms with Gasteiger partial charge in [0.25, 0.3) is 0 Å². The van der Waals surface area contributed by atoms with Crippen LogP contribution in [0, 0.1) is 0 Å². The fourth-order valence-electron chi connectivity index (χ4n) is 3.38. The van der Waals surface area contributed by atoms with Gasteiger partial charge in [0.1, 0.15) is 11.5 Å². The standard InChI is InChI=1S/C21H28N2O3/c1-22-21(24)16-23(15-20-10-5-13-25-20)12-11-17-6-4-9-19(14-17)26-18-7-2-3-8-18/h4-6,9-10,13-14,18H,2-3,7-8,11-12,15-16H2,1H3,(H,22,24). The fraction of sp³-hybridized carbons (Fsp3) is 0.476. The average molecular weight is 356 g/mol. The highest BCUT2D eigenvalue weighted by Crippen LogP contribution is 2.24. The van der Waals surface area contributed by atoms with Crippen molar-refractivity contribution in [1.82, 2.24) is 10.2 Å². The summed E-state index contributed by atoms with van der Waals surface area (Å²) in [6, 6.07) is 12.1. The Balaban J connectivity index is 1.57. The van der Waals surface area contributed by atoms with E-state index in [0.29, 0.717) is 19.2 Å². The second-order valence-corrected chi connectivity index (χ2v) is 6.88. The molecule has 0 aliphatic heterocycles. The van der Waals surface area contributed by atoms with Gasteiger partial charge in [-0.3, -0.25) is 9.69 Å². The van der Waals surface area contributed by atoms with Crippen molar-refractivity contribution in [2.75, 3.05) is 20.1 Å². The van der Waals surface area contributed by atoms with Crippen molar-refractivity contribution in [2.45, 2.75) is 44.8 Å². The zero-order valence-electron chi connectivity index (χ0n) is 15.4. The van der Waals surface area contributed by atoms with E-state index >= 15 is 0 Å². The SMILES string of the molecule is CNC(=O)CN(CCc1cccc(OC2CCCC2)c1)Cc1ccco1. The van der Waals surface area contributed by atoms with Gasteiger partial charge in [0, 0.05) is 13.6 Å². The number of amides is 1. The van der Waals surface area contributed by atoms with Gasteiger partial charge in [-0.15, -0.1) is 0 Å². The number of carbonyl (C=O) groups is 1. The molecule has 1 amide bonds. The summed E-state index contributed by atoms with van der Waals surface area (Å²) in [6.07, 6.45) is 7.75. The zero-order chi connectivity index (χ0) is 18.2. The summed E-state index contributed by atoms with van der Waals surface area (Å²) in [5.41, 5.74) is 1.22. The van der Waals surface area contributed by atoms with Crippen LogP contribution in [-0.4, -0.2) is 37.0 Å². The second kappa shape index (κ2) is 9.43. The average Bonchev–Trinajstić information content (AvgIpc) is 3.34. The third-order valence-electron chi connectivity index (χ3n) is 4.83. The number of carbonyl (C=O) groups excluding carboxylic acids is 1. The molecule has 1 aromatic carbocycles. The molecule has 0 radical (unpaired) electrons. The highest BCUT2D eigenvalue weighted by Gasteiger charge is 2.17. The predicted octanol–water partition coefficient (Wildman–Crippen LogP) is 3.39. The van der Waals surface area contributed by atoms with Crippen LogP contribution in [0.2, 0.25) is 0 Å². The Morgan fingerprint density at radius 3 is 2.85 bits per heavy atom. The Kier molecular flexibility index (Phi) is 6.72. The minimum Gasteiger partial charge on any atom is -0.490 e. The Bertz CT molecular complexity index is 678. The number of nitrogens with one attached hydrogen (secondary N) is 1. The number of benzene rings is 1. The number of furan rings is 1. The lowest BCUT2D eigenvalue weighted by molar-refractivity contribution is -0.121. The van der Waals surface area contributed by atoms with Gasteiger partial charge < -0.3 is 14.5 Å². The topological polar surface area (TPSA) is 54.7 Å². The molecule has 1 fully saturated rings. The Labute approximate surface area is 155 Å². The maximum absolute atomic E-state index is 11.8. The fourth-order valence-corrected chi connectivity index (χ4v) is 3.38. The van der Waals surface area contributed by atoms with Crippen molar-refractivity contribution in [1.29, 1.82) is 0 Å². The monoisotopic (exact) mass is 356 g/mol. The lowest BCUT2D eigenvalue weighted by Crippen LogP contribution is -2.36. The molecule has 0 unspecified atom stereocenters. The first kappa shape index (κ1) is 18.5. The van der Waals surface area contributed by atoms with Gasteiger partial charge in [0.05, 0.1) is 25.5 Å². The van der Waals surface area contributed by atoms with Crippen LogP contribution < -0.4 is 10.1 Å². The summed E-state index contributed by atoms with van der Waals surface area (Å²) in [5.74, 6) is 1.83. The van der Waals surface area contributed by atoms with E-state index in [1.54, 1.807) is 13.3 Å². The van der Waals surface area contributed by atoms with Gasteiger partial charge in [-0.1, -0.05) is 12.1 Å². The van der Waals surface area contributed by atoms with Crippen molar-refractivity contribution < 1.29 is 13.9 Å². The zero-order valence-corrected chi connectivity index (χ0v) is 15.4. The van der Waals surface area contributed by atoms with E-state index in [1.807, 2.05) is 18.2 Å². The Morgan fingerprint density at radius 1 is 1.27 bits per heavy atom. The summed E-state index contributed by atoms with van der Waals surface area (Å²) < 4.78 is 11.5. The van der Waals surface area contributed by atoms with Crippen molar-refractivity contribution in [3.63, 3.8) is 0 Å². The molecule has 5 nitrogen and oxygen atoms in total.